The fourth-order valence-corrected chi connectivity index (χ4v) is 4.52. The van der Waals surface area contributed by atoms with Gasteiger partial charge in [-0.2, -0.15) is 0 Å². The Morgan fingerprint density at radius 1 is 1.16 bits per heavy atom. The number of amides is 2. The molecular weight excluding hydrogens is 488 g/mol. The van der Waals surface area contributed by atoms with Gasteiger partial charge in [-0.05, 0) is 35.9 Å². The summed E-state index contributed by atoms with van der Waals surface area (Å²) in [6, 6.07) is 18.2. The maximum atomic E-state index is 12.6. The first-order valence-electron chi connectivity index (χ1n) is 11.6. The van der Waals surface area contributed by atoms with Crippen LogP contribution in [0.3, 0.4) is 0 Å². The largest absolute Gasteiger partial charge is 0.368 e. The van der Waals surface area contributed by atoms with E-state index in [2.05, 4.69) is 27.1 Å². The lowest BCUT2D eigenvalue weighted by Crippen LogP contribution is -2.31. The molecule has 0 fully saturated rings. The minimum absolute atomic E-state index is 0.103. The standard InChI is InChI=1S/C28H23ClN6O2/c1-34-23-12-13-31-26(36)22(23)15-24(34)25-21(16-32-28(30)33-25)11-10-18-6-5-7-19(14-18)17-35(29)27(37)20-8-3-2-4-9-20/h2-9,14-16H,12-13,17H2,1H3,(H,31,36)(H2,30,32,33). The van der Waals surface area contributed by atoms with Crippen LogP contribution in [0.25, 0.3) is 11.4 Å². The third-order valence-corrected chi connectivity index (χ3v) is 6.40. The highest BCUT2D eigenvalue weighted by molar-refractivity contribution is 6.23. The molecule has 2 amide bonds. The Bertz CT molecular complexity index is 1570. The second-order valence-electron chi connectivity index (χ2n) is 8.59. The molecule has 9 heteroatoms. The molecule has 0 saturated carbocycles. The van der Waals surface area contributed by atoms with Crippen LogP contribution < -0.4 is 11.1 Å². The molecule has 0 atom stereocenters. The van der Waals surface area contributed by atoms with Crippen LogP contribution in [0.15, 0.2) is 66.9 Å². The van der Waals surface area contributed by atoms with Crippen molar-refractivity contribution < 1.29 is 9.59 Å². The lowest BCUT2D eigenvalue weighted by atomic mass is 10.1. The van der Waals surface area contributed by atoms with Crippen LogP contribution >= 0.6 is 11.8 Å². The van der Waals surface area contributed by atoms with Gasteiger partial charge >= 0.3 is 0 Å². The van der Waals surface area contributed by atoms with Gasteiger partial charge in [-0.25, -0.2) is 14.4 Å². The van der Waals surface area contributed by atoms with Gasteiger partial charge in [0.05, 0.1) is 23.4 Å². The summed E-state index contributed by atoms with van der Waals surface area (Å²) in [7, 11) is 1.90. The van der Waals surface area contributed by atoms with Crippen molar-refractivity contribution in [3.63, 3.8) is 0 Å². The van der Waals surface area contributed by atoms with E-state index < -0.39 is 0 Å². The number of hydrogen-bond acceptors (Lipinski definition) is 5. The Labute approximate surface area is 219 Å². The minimum Gasteiger partial charge on any atom is -0.368 e. The number of nitrogen functional groups attached to an aromatic ring is 1. The van der Waals surface area contributed by atoms with E-state index in [1.54, 1.807) is 30.5 Å². The number of nitrogens with zero attached hydrogens (tertiary/aromatic N) is 4. The number of hydrogen-bond donors (Lipinski definition) is 2. The van der Waals surface area contributed by atoms with Crippen molar-refractivity contribution >= 4 is 29.5 Å². The van der Waals surface area contributed by atoms with Gasteiger partial charge in [0.1, 0.15) is 5.69 Å². The first kappa shape index (κ1) is 24.1. The number of fused-ring (bicyclic) bond motifs is 1. The smallest absolute Gasteiger partial charge is 0.268 e. The first-order chi connectivity index (χ1) is 17.9. The van der Waals surface area contributed by atoms with Gasteiger partial charge in [-0.1, -0.05) is 42.2 Å². The van der Waals surface area contributed by atoms with E-state index in [1.807, 2.05) is 48.0 Å². The summed E-state index contributed by atoms with van der Waals surface area (Å²) in [6.45, 7) is 0.812. The van der Waals surface area contributed by atoms with E-state index in [-0.39, 0.29) is 24.3 Å². The van der Waals surface area contributed by atoms with E-state index in [4.69, 9.17) is 17.5 Å². The van der Waals surface area contributed by atoms with Gasteiger partial charge in [0.25, 0.3) is 11.8 Å². The van der Waals surface area contributed by atoms with Gasteiger partial charge in [0, 0.05) is 54.8 Å². The van der Waals surface area contributed by atoms with Gasteiger partial charge in [0.15, 0.2) is 0 Å². The molecular formula is C28H23ClN6O2. The molecule has 0 spiro atoms. The topological polar surface area (TPSA) is 106 Å². The van der Waals surface area contributed by atoms with Gasteiger partial charge < -0.3 is 15.6 Å². The maximum absolute atomic E-state index is 12.6. The molecule has 184 valence electrons. The average Bonchev–Trinajstić information content (AvgIpc) is 3.25. The molecule has 0 unspecified atom stereocenters. The summed E-state index contributed by atoms with van der Waals surface area (Å²) >= 11 is 6.29. The fourth-order valence-electron chi connectivity index (χ4n) is 4.28. The number of aromatic nitrogens is 3. The number of nitrogens with one attached hydrogen (secondary N) is 1. The van der Waals surface area contributed by atoms with E-state index in [0.717, 1.165) is 33.4 Å². The molecule has 1 aliphatic heterocycles. The Hall–Kier alpha value is -4.61. The summed E-state index contributed by atoms with van der Waals surface area (Å²) in [6.07, 6.45) is 2.32. The molecule has 37 heavy (non-hydrogen) atoms. The van der Waals surface area contributed by atoms with Crippen molar-refractivity contribution in [3.8, 4) is 23.2 Å². The zero-order chi connectivity index (χ0) is 25.9. The third-order valence-electron chi connectivity index (χ3n) is 6.13. The molecule has 3 heterocycles. The SMILES string of the molecule is Cn1c(-c2nc(N)ncc2C#Cc2cccc(CN(Cl)C(=O)c3ccccc3)c2)cc2c1CCNC2=O. The molecule has 0 aliphatic carbocycles. The number of nitrogens with two attached hydrogens (primary N) is 1. The lowest BCUT2D eigenvalue weighted by molar-refractivity contribution is 0.0856. The van der Waals surface area contributed by atoms with Crippen molar-refractivity contribution in [3.05, 3.63) is 100 Å². The summed E-state index contributed by atoms with van der Waals surface area (Å²) in [5.74, 6) is 6.04. The van der Waals surface area contributed by atoms with E-state index in [1.165, 1.54) is 0 Å². The molecule has 0 saturated heterocycles. The zero-order valence-electron chi connectivity index (χ0n) is 20.0. The van der Waals surface area contributed by atoms with E-state index in [0.29, 0.717) is 28.9 Å². The summed E-state index contributed by atoms with van der Waals surface area (Å²) < 4.78 is 3.11. The second kappa shape index (κ2) is 10.2. The van der Waals surface area contributed by atoms with Crippen molar-refractivity contribution in [1.29, 1.82) is 0 Å². The number of carbonyl (C=O) groups is 2. The average molecular weight is 511 g/mol. The fraction of sp³-hybridized carbons (Fsp3) is 0.143. The number of halogens is 1. The summed E-state index contributed by atoms with van der Waals surface area (Å²) in [4.78, 5) is 33.5. The summed E-state index contributed by atoms with van der Waals surface area (Å²) in [5.41, 5.74) is 11.4. The van der Waals surface area contributed by atoms with Crippen molar-refractivity contribution in [1.82, 2.24) is 24.3 Å². The Morgan fingerprint density at radius 3 is 2.76 bits per heavy atom. The molecule has 2 aromatic heterocycles. The number of benzene rings is 2. The summed E-state index contributed by atoms with van der Waals surface area (Å²) in [5, 5.41) is 2.87. The van der Waals surface area contributed by atoms with Crippen molar-refractivity contribution in [2.24, 2.45) is 7.05 Å². The van der Waals surface area contributed by atoms with Gasteiger partial charge in [-0.3, -0.25) is 9.59 Å². The van der Waals surface area contributed by atoms with Crippen LogP contribution in [-0.4, -0.2) is 37.3 Å². The number of anilines is 1. The Morgan fingerprint density at radius 2 is 1.97 bits per heavy atom. The van der Waals surface area contributed by atoms with Crippen molar-refractivity contribution in [2.75, 3.05) is 12.3 Å². The first-order valence-corrected chi connectivity index (χ1v) is 12.0. The minimum atomic E-state index is -0.277. The number of rotatable bonds is 4. The highest BCUT2D eigenvalue weighted by atomic mass is 35.5. The zero-order valence-corrected chi connectivity index (χ0v) is 20.8. The molecule has 2 aromatic carbocycles. The van der Waals surface area contributed by atoms with Crippen LogP contribution in [0.2, 0.25) is 0 Å². The third kappa shape index (κ3) is 5.03. The van der Waals surface area contributed by atoms with Crippen LogP contribution in [0.1, 0.15) is 43.1 Å². The lowest BCUT2D eigenvalue weighted by Gasteiger charge is -2.14. The van der Waals surface area contributed by atoms with Crippen LogP contribution in [0, 0.1) is 11.8 Å². The Balaban J connectivity index is 1.42. The quantitative estimate of drug-likeness (QED) is 0.322. The van der Waals surface area contributed by atoms with Crippen LogP contribution in [0.4, 0.5) is 5.95 Å². The molecule has 5 rings (SSSR count). The molecule has 0 bridgehead atoms. The highest BCUT2D eigenvalue weighted by Crippen LogP contribution is 2.28. The predicted molar refractivity (Wildman–Crippen MR) is 141 cm³/mol. The molecule has 4 aromatic rings. The molecule has 0 radical (unpaired) electrons. The molecule has 3 N–H and O–H groups in total. The highest BCUT2D eigenvalue weighted by Gasteiger charge is 2.24. The van der Waals surface area contributed by atoms with Crippen LogP contribution in [0.5, 0.6) is 0 Å². The second-order valence-corrected chi connectivity index (χ2v) is 9.00. The van der Waals surface area contributed by atoms with Crippen molar-refractivity contribution in [2.45, 2.75) is 13.0 Å². The Kier molecular flexibility index (Phi) is 6.62. The maximum Gasteiger partial charge on any atom is 0.268 e. The monoisotopic (exact) mass is 510 g/mol. The molecule has 8 nitrogen and oxygen atoms in total. The van der Waals surface area contributed by atoms with E-state index >= 15 is 0 Å². The number of carbonyl (C=O) groups excluding carboxylic acids is 2. The van der Waals surface area contributed by atoms with E-state index in [9.17, 15) is 9.59 Å². The van der Waals surface area contributed by atoms with Crippen LogP contribution in [-0.2, 0) is 20.0 Å². The van der Waals surface area contributed by atoms with Gasteiger partial charge in [0.2, 0.25) is 5.95 Å². The normalized spacial score (nSPS) is 12.2. The molecule has 1 aliphatic rings. The predicted octanol–water partition coefficient (Wildman–Crippen LogP) is 3.55. The van der Waals surface area contributed by atoms with Gasteiger partial charge in [-0.15, -0.1) is 0 Å².